The second-order valence-corrected chi connectivity index (χ2v) is 6.34. The van der Waals surface area contributed by atoms with Gasteiger partial charge < -0.3 is 14.0 Å². The van der Waals surface area contributed by atoms with Gasteiger partial charge in [-0.15, -0.1) is 0 Å². The molecule has 0 bridgehead atoms. The molecule has 1 fully saturated rings. The van der Waals surface area contributed by atoms with Crippen molar-refractivity contribution in [3.8, 4) is 11.6 Å². The molecule has 3 heterocycles. The van der Waals surface area contributed by atoms with Gasteiger partial charge in [0, 0.05) is 24.1 Å². The summed E-state index contributed by atoms with van der Waals surface area (Å²) in [5.41, 5.74) is 0.898. The van der Waals surface area contributed by atoms with E-state index in [2.05, 4.69) is 10.1 Å². The Morgan fingerprint density at radius 1 is 1.18 bits per heavy atom. The van der Waals surface area contributed by atoms with Crippen LogP contribution in [-0.4, -0.2) is 40.2 Å². The van der Waals surface area contributed by atoms with E-state index in [1.807, 2.05) is 46.0 Å². The van der Waals surface area contributed by atoms with E-state index in [-0.39, 0.29) is 11.2 Å². The Hall–Kier alpha value is -1.86. The lowest BCUT2D eigenvalue weighted by Gasteiger charge is -2.32. The smallest absolute Gasteiger partial charge is 0.479 e. The minimum absolute atomic E-state index is 0.369. The number of pyridine rings is 1. The highest BCUT2D eigenvalue weighted by Gasteiger charge is 2.52. The normalized spacial score (nSPS) is 19.4. The monoisotopic (exact) mass is 301 g/mol. The Morgan fingerprint density at radius 3 is 2.50 bits per heavy atom. The van der Waals surface area contributed by atoms with Gasteiger partial charge >= 0.3 is 7.12 Å². The molecule has 1 aliphatic heterocycles. The summed E-state index contributed by atoms with van der Waals surface area (Å²) >= 11 is 0. The number of hydrogen-bond donors (Lipinski definition) is 0. The van der Waals surface area contributed by atoms with E-state index in [0.29, 0.717) is 5.88 Å². The number of rotatable bonds is 3. The zero-order chi connectivity index (χ0) is 16.0. The van der Waals surface area contributed by atoms with E-state index in [9.17, 15) is 0 Å². The molecule has 0 N–H and O–H groups in total. The van der Waals surface area contributed by atoms with E-state index in [4.69, 9.17) is 14.0 Å². The van der Waals surface area contributed by atoms with E-state index in [0.717, 1.165) is 11.2 Å². The second-order valence-electron chi connectivity index (χ2n) is 6.34. The second kappa shape index (κ2) is 5.10. The number of hydrogen-bond acceptors (Lipinski definition) is 5. The van der Waals surface area contributed by atoms with Crippen LogP contribution in [0.15, 0.2) is 30.7 Å². The summed E-state index contributed by atoms with van der Waals surface area (Å²) in [4.78, 5) is 4.18. The Kier molecular flexibility index (Phi) is 3.49. The van der Waals surface area contributed by atoms with Crippen LogP contribution >= 0.6 is 0 Å². The maximum absolute atomic E-state index is 6.03. The molecule has 7 heteroatoms. The number of nitrogens with zero attached hydrogens (tertiary/aromatic N) is 3. The molecule has 0 amide bonds. The molecule has 2 aromatic rings. The first-order valence-electron chi connectivity index (χ1n) is 7.24. The van der Waals surface area contributed by atoms with Crippen LogP contribution in [0.25, 0.3) is 5.69 Å². The molecular formula is C15H20BN3O3. The van der Waals surface area contributed by atoms with Crippen LogP contribution < -0.4 is 10.2 Å². The number of aromatic nitrogens is 3. The summed E-state index contributed by atoms with van der Waals surface area (Å²) < 4.78 is 19.0. The van der Waals surface area contributed by atoms with Crippen molar-refractivity contribution < 1.29 is 14.0 Å². The van der Waals surface area contributed by atoms with E-state index in [1.165, 1.54) is 0 Å². The zero-order valence-electron chi connectivity index (χ0n) is 13.5. The van der Waals surface area contributed by atoms with Crippen LogP contribution in [-0.2, 0) is 9.31 Å². The molecule has 0 atom stereocenters. The summed E-state index contributed by atoms with van der Waals surface area (Å²) in [6, 6.07) is 3.74. The first kappa shape index (κ1) is 15.1. The molecule has 0 saturated carbocycles. The Balaban J connectivity index is 1.89. The highest BCUT2D eigenvalue weighted by Crippen LogP contribution is 2.36. The Morgan fingerprint density at radius 2 is 1.86 bits per heavy atom. The van der Waals surface area contributed by atoms with Gasteiger partial charge in [-0.3, -0.25) is 0 Å². The predicted octanol–water partition coefficient (Wildman–Crippen LogP) is 1.58. The summed E-state index contributed by atoms with van der Waals surface area (Å²) in [5, 5.41) is 4.37. The molecule has 0 radical (unpaired) electrons. The van der Waals surface area contributed by atoms with Crippen molar-refractivity contribution in [3.05, 3.63) is 30.7 Å². The van der Waals surface area contributed by atoms with Gasteiger partial charge in [0.1, 0.15) is 5.69 Å². The van der Waals surface area contributed by atoms with Crippen molar-refractivity contribution in [2.45, 2.75) is 38.9 Å². The van der Waals surface area contributed by atoms with Crippen LogP contribution in [0.2, 0.25) is 0 Å². The fourth-order valence-electron chi connectivity index (χ4n) is 2.28. The lowest BCUT2D eigenvalue weighted by atomic mass is 9.82. The van der Waals surface area contributed by atoms with Gasteiger partial charge in [0.2, 0.25) is 5.88 Å². The molecule has 0 aromatic carbocycles. The summed E-state index contributed by atoms with van der Waals surface area (Å²) in [5.74, 6) is 0.520. The summed E-state index contributed by atoms with van der Waals surface area (Å²) in [7, 11) is 1.16. The van der Waals surface area contributed by atoms with Crippen molar-refractivity contribution in [1.29, 1.82) is 0 Å². The Bertz CT molecular complexity index is 668. The fraction of sp³-hybridized carbons (Fsp3) is 0.467. The number of methoxy groups -OCH3 is 1. The number of ether oxygens (including phenoxy) is 1. The van der Waals surface area contributed by atoms with Crippen molar-refractivity contribution in [2.24, 2.45) is 0 Å². The van der Waals surface area contributed by atoms with Crippen molar-refractivity contribution >= 4 is 12.6 Å². The predicted molar refractivity (Wildman–Crippen MR) is 83.6 cm³/mol. The molecule has 1 aliphatic rings. The maximum Gasteiger partial charge on any atom is 0.498 e. The van der Waals surface area contributed by atoms with Crippen molar-refractivity contribution in [3.63, 3.8) is 0 Å². The van der Waals surface area contributed by atoms with Crippen LogP contribution in [0, 0.1) is 0 Å². The highest BCUT2D eigenvalue weighted by atomic mass is 16.7. The topological polar surface area (TPSA) is 58.4 Å². The van der Waals surface area contributed by atoms with Gasteiger partial charge in [-0.2, -0.15) is 5.10 Å². The van der Waals surface area contributed by atoms with Crippen LogP contribution in [0.4, 0.5) is 0 Å². The van der Waals surface area contributed by atoms with E-state index < -0.39 is 7.12 Å². The molecule has 0 spiro atoms. The van der Waals surface area contributed by atoms with Crippen molar-refractivity contribution in [1.82, 2.24) is 14.8 Å². The van der Waals surface area contributed by atoms with Crippen LogP contribution in [0.3, 0.4) is 0 Å². The molecule has 1 saturated heterocycles. The van der Waals surface area contributed by atoms with E-state index >= 15 is 0 Å². The minimum Gasteiger partial charge on any atom is -0.479 e. The summed E-state index contributed by atoms with van der Waals surface area (Å²) in [6.07, 6.45) is 5.30. The fourth-order valence-corrected chi connectivity index (χ4v) is 2.28. The molecule has 2 aromatic heterocycles. The molecular weight excluding hydrogens is 281 g/mol. The third-order valence-electron chi connectivity index (χ3n) is 4.32. The van der Waals surface area contributed by atoms with Crippen molar-refractivity contribution in [2.75, 3.05) is 7.11 Å². The maximum atomic E-state index is 6.03. The first-order valence-corrected chi connectivity index (χ1v) is 7.24. The third-order valence-corrected chi connectivity index (χ3v) is 4.32. The minimum atomic E-state index is -0.429. The largest absolute Gasteiger partial charge is 0.498 e. The lowest BCUT2D eigenvalue weighted by Crippen LogP contribution is -2.41. The standard InChI is InChI=1S/C15H20BN3O3/c1-14(2)15(3,4)22-16(21-14)11-9-18-19(10-11)12-7-6-8-17-13(12)20-5/h6-10H,1-5H3. The van der Waals surface area contributed by atoms with Crippen LogP contribution in [0.1, 0.15) is 27.7 Å². The third kappa shape index (κ3) is 2.40. The average Bonchev–Trinajstić information content (AvgIpc) is 3.02. The van der Waals surface area contributed by atoms with Gasteiger partial charge in [0.25, 0.3) is 0 Å². The quantitative estimate of drug-likeness (QED) is 0.806. The van der Waals surface area contributed by atoms with Gasteiger partial charge in [0.05, 0.1) is 18.3 Å². The van der Waals surface area contributed by atoms with Gasteiger partial charge in [-0.1, -0.05) is 0 Å². The molecule has 3 rings (SSSR count). The molecule has 6 nitrogen and oxygen atoms in total. The highest BCUT2D eigenvalue weighted by molar-refractivity contribution is 6.62. The van der Waals surface area contributed by atoms with Crippen LogP contribution in [0.5, 0.6) is 5.88 Å². The molecule has 116 valence electrons. The zero-order valence-corrected chi connectivity index (χ0v) is 13.5. The lowest BCUT2D eigenvalue weighted by molar-refractivity contribution is 0.00578. The molecule has 22 heavy (non-hydrogen) atoms. The van der Waals surface area contributed by atoms with Gasteiger partial charge in [-0.25, -0.2) is 9.67 Å². The molecule has 0 unspecified atom stereocenters. The SMILES string of the molecule is COc1ncccc1-n1cc(B2OC(C)(C)C(C)(C)O2)cn1. The van der Waals surface area contributed by atoms with E-state index in [1.54, 1.807) is 24.2 Å². The van der Waals surface area contributed by atoms with Gasteiger partial charge in [0.15, 0.2) is 0 Å². The molecule has 0 aliphatic carbocycles. The average molecular weight is 301 g/mol. The summed E-state index contributed by atoms with van der Waals surface area (Å²) in [6.45, 7) is 8.12. The van der Waals surface area contributed by atoms with Gasteiger partial charge in [-0.05, 0) is 39.8 Å². The Labute approximate surface area is 130 Å². The first-order chi connectivity index (χ1) is 10.3.